The minimum atomic E-state index is -2.10. The van der Waals surface area contributed by atoms with E-state index >= 15 is 4.39 Å². The largest absolute Gasteiger partial charge is 0.461 e. The van der Waals surface area contributed by atoms with Gasteiger partial charge in [-0.25, -0.2) is 4.39 Å². The predicted molar refractivity (Wildman–Crippen MR) is 235 cm³/mol. The molecule has 344 valence electrons. The number of esters is 3. The number of fused-ring (bicyclic) bond motifs is 6. The molecule has 11 atom stereocenters. The van der Waals surface area contributed by atoms with Gasteiger partial charge in [-0.1, -0.05) is 48.9 Å². The number of pyridine rings is 1. The summed E-state index contributed by atoms with van der Waals surface area (Å²) in [5, 5.41) is 28.3. The van der Waals surface area contributed by atoms with Crippen LogP contribution in [0.25, 0.3) is 10.8 Å². The zero-order valence-electron chi connectivity index (χ0n) is 37.4. The second kappa shape index (κ2) is 17.3. The van der Waals surface area contributed by atoms with E-state index in [0.29, 0.717) is 41.6 Å². The third-order valence-corrected chi connectivity index (χ3v) is 14.8. The summed E-state index contributed by atoms with van der Waals surface area (Å²) in [5.41, 5.74) is -3.44. The summed E-state index contributed by atoms with van der Waals surface area (Å²) in [6.45, 7) is 7.91. The number of hydrogen-bond acceptors (Lipinski definition) is 12. The fourth-order valence-corrected chi connectivity index (χ4v) is 11.3. The molecule has 14 heteroatoms. The topological polar surface area (TPSA) is 195 Å². The van der Waals surface area contributed by atoms with Crippen molar-refractivity contribution < 1.29 is 57.6 Å². The van der Waals surface area contributed by atoms with Gasteiger partial charge in [0.15, 0.2) is 18.1 Å². The van der Waals surface area contributed by atoms with Crippen molar-refractivity contribution in [2.75, 3.05) is 11.9 Å². The van der Waals surface area contributed by atoms with Crippen LogP contribution in [0.15, 0.2) is 84.7 Å². The molecule has 3 aromatic rings. The number of rotatable bonds is 13. The maximum absolute atomic E-state index is 17.4. The average Bonchev–Trinajstić information content (AvgIpc) is 4.03. The van der Waals surface area contributed by atoms with Crippen molar-refractivity contribution in [2.24, 2.45) is 40.9 Å². The number of hydrogen-bond donors (Lipinski definition) is 3. The Hall–Kier alpha value is -5.60. The van der Waals surface area contributed by atoms with E-state index in [0.717, 1.165) is 10.8 Å². The molecule has 1 aromatic heterocycles. The minimum absolute atomic E-state index is 0.00586. The van der Waals surface area contributed by atoms with E-state index in [2.05, 4.69) is 10.3 Å². The summed E-state index contributed by atoms with van der Waals surface area (Å²) in [6, 6.07) is 14.3. The fraction of sp³-hybridized carbons (Fsp3) is 0.510. The molecule has 1 amide bonds. The molecule has 0 saturated heterocycles. The highest BCUT2D eigenvalue weighted by atomic mass is 19.1. The third-order valence-electron chi connectivity index (χ3n) is 14.8. The van der Waals surface area contributed by atoms with Crippen molar-refractivity contribution in [2.45, 2.75) is 115 Å². The maximum Gasteiger partial charge on any atom is 0.310 e. The number of nitrogens with one attached hydrogen (secondary N) is 1. The van der Waals surface area contributed by atoms with E-state index < -0.39 is 100 Å². The summed E-state index contributed by atoms with van der Waals surface area (Å²) in [6.07, 6.45) is 7.59. The van der Waals surface area contributed by atoms with E-state index in [1.54, 1.807) is 83.4 Å². The SMILES string of the molecule is C[C@@H]1C[C@@H]2[C@H](C[C@H](O)[C@@]3(F)[C@H]2CCC2=CC(=O)C=C[C@@]23C)[C@@]1(O)C(=O)COC(=O)[C@@H]1C[C@H]1C(=O)OCc1ccc([C@@H](CCC(=O)OC(C)(C)C)C(=O)Nc2ccc3cnccc3c2)cc1. The standard InChI is InChI=1S/C51H57FN2O11/c1-28-20-39-40-14-11-33-22-35(55)16-18-49(33,5)51(40,52)42(56)24-41(39)50(28,62)43(57)27-64-47(61)38-23-37(38)46(60)63-26-29-6-8-30(9-7-29)36(13-15-44(58)65-48(2,3)4)45(59)54-34-12-10-32-25-53-19-17-31(32)21-34/h6-10,12,16-19,21-22,25,28,36-42,56,62H,11,13-15,20,23-24,26-27H2,1-5H3,(H,54,59)/t28-,36-,37-,38-,39+,40+,41+,42+,49+,50-,51+/m1/s1. The Morgan fingerprint density at radius 3 is 2.40 bits per heavy atom. The summed E-state index contributed by atoms with van der Waals surface area (Å²) in [7, 11) is 0. The number of alkyl halides is 1. The van der Waals surface area contributed by atoms with Gasteiger partial charge >= 0.3 is 17.9 Å². The summed E-state index contributed by atoms with van der Waals surface area (Å²) >= 11 is 0. The number of carbonyl (C=O) groups is 6. The van der Waals surface area contributed by atoms with Crippen LogP contribution in [0.3, 0.4) is 0 Å². The Labute approximate surface area is 377 Å². The predicted octanol–water partition coefficient (Wildman–Crippen LogP) is 6.83. The van der Waals surface area contributed by atoms with Crippen molar-refractivity contribution in [3.63, 3.8) is 0 Å². The second-order valence-corrected chi connectivity index (χ2v) is 19.9. The number of halogens is 1. The monoisotopic (exact) mass is 892 g/mol. The molecular formula is C51H57FN2O11. The van der Waals surface area contributed by atoms with Gasteiger partial charge in [-0.3, -0.25) is 33.8 Å². The minimum Gasteiger partial charge on any atom is -0.461 e. The first-order chi connectivity index (χ1) is 30.7. The lowest BCUT2D eigenvalue weighted by atomic mass is 9.48. The normalized spacial score (nSPS) is 31.7. The number of anilines is 1. The van der Waals surface area contributed by atoms with Crippen LogP contribution in [-0.2, 0) is 49.6 Å². The van der Waals surface area contributed by atoms with Crippen LogP contribution in [0.1, 0.15) is 96.6 Å². The number of ketones is 2. The Morgan fingerprint density at radius 2 is 1.68 bits per heavy atom. The van der Waals surface area contributed by atoms with E-state index in [1.165, 1.54) is 12.2 Å². The van der Waals surface area contributed by atoms with Gasteiger partial charge < -0.3 is 29.7 Å². The summed E-state index contributed by atoms with van der Waals surface area (Å²) < 4.78 is 33.8. The number of ether oxygens (including phenoxy) is 3. The number of Topliss-reactive ketones (excluding diaryl/α,β-unsaturated/α-hetero) is 1. The quantitative estimate of drug-likeness (QED) is 0.120. The van der Waals surface area contributed by atoms with Crippen molar-refractivity contribution in [3.8, 4) is 0 Å². The number of amides is 1. The Balaban J connectivity index is 0.844. The zero-order valence-corrected chi connectivity index (χ0v) is 37.4. The lowest BCUT2D eigenvalue weighted by molar-refractivity contribution is -0.192. The molecule has 65 heavy (non-hydrogen) atoms. The number of carbonyl (C=O) groups excluding carboxylic acids is 6. The van der Waals surface area contributed by atoms with Gasteiger partial charge in [0.05, 0.1) is 23.9 Å². The van der Waals surface area contributed by atoms with Crippen molar-refractivity contribution >= 4 is 51.8 Å². The molecular weight excluding hydrogens is 836 g/mol. The highest BCUT2D eigenvalue weighted by Gasteiger charge is 2.71. The highest BCUT2D eigenvalue weighted by Crippen LogP contribution is 2.66. The van der Waals surface area contributed by atoms with Gasteiger partial charge in [0.1, 0.15) is 17.8 Å². The van der Waals surface area contributed by atoms with Crippen molar-refractivity contribution in [3.05, 3.63) is 95.9 Å². The van der Waals surface area contributed by atoms with Gasteiger partial charge in [-0.2, -0.15) is 0 Å². The second-order valence-electron chi connectivity index (χ2n) is 19.9. The first-order valence-corrected chi connectivity index (χ1v) is 22.6. The van der Waals surface area contributed by atoms with Crippen LogP contribution in [0, 0.1) is 40.9 Å². The molecule has 5 aliphatic rings. The van der Waals surface area contributed by atoms with Gasteiger partial charge in [0.2, 0.25) is 11.7 Å². The lowest BCUT2D eigenvalue weighted by Crippen LogP contribution is -2.66. The molecule has 0 aliphatic heterocycles. The lowest BCUT2D eigenvalue weighted by Gasteiger charge is -2.59. The molecule has 8 rings (SSSR count). The van der Waals surface area contributed by atoms with E-state index in [1.807, 2.05) is 18.2 Å². The molecule has 13 nitrogen and oxygen atoms in total. The molecule has 0 unspecified atom stereocenters. The number of allylic oxidation sites excluding steroid dienone is 4. The van der Waals surface area contributed by atoms with Gasteiger partial charge in [-0.05, 0) is 125 Å². The van der Waals surface area contributed by atoms with E-state index in [9.17, 15) is 39.0 Å². The molecule has 4 fully saturated rings. The summed E-state index contributed by atoms with van der Waals surface area (Å²) in [4.78, 5) is 82.6. The van der Waals surface area contributed by atoms with Crippen LogP contribution < -0.4 is 5.32 Å². The maximum atomic E-state index is 17.4. The molecule has 2 aromatic carbocycles. The number of aromatic nitrogens is 1. The first kappa shape index (κ1) is 45.9. The third kappa shape index (κ3) is 8.67. The van der Waals surface area contributed by atoms with Gasteiger partial charge in [0.25, 0.3) is 0 Å². The first-order valence-electron chi connectivity index (χ1n) is 22.6. The molecule has 3 N–H and O–H groups in total. The Kier molecular flexibility index (Phi) is 12.2. The Bertz CT molecular complexity index is 2480. The Morgan fingerprint density at radius 1 is 0.954 bits per heavy atom. The molecule has 1 heterocycles. The zero-order chi connectivity index (χ0) is 46.6. The summed E-state index contributed by atoms with van der Waals surface area (Å²) in [5.74, 6) is -7.83. The molecule has 4 saturated carbocycles. The van der Waals surface area contributed by atoms with E-state index in [4.69, 9.17) is 14.2 Å². The fourth-order valence-electron chi connectivity index (χ4n) is 11.3. The van der Waals surface area contributed by atoms with Gasteiger partial charge in [-0.15, -0.1) is 0 Å². The van der Waals surface area contributed by atoms with Crippen LogP contribution in [0.5, 0.6) is 0 Å². The van der Waals surface area contributed by atoms with Crippen LogP contribution in [0.4, 0.5) is 10.1 Å². The average molecular weight is 893 g/mol. The molecule has 0 spiro atoms. The smallest absolute Gasteiger partial charge is 0.310 e. The molecule has 0 bridgehead atoms. The number of nitrogens with zero attached hydrogens (tertiary/aromatic N) is 1. The molecule has 0 radical (unpaired) electrons. The van der Waals surface area contributed by atoms with Crippen LogP contribution in [0.2, 0.25) is 0 Å². The van der Waals surface area contributed by atoms with E-state index in [-0.39, 0.29) is 44.0 Å². The number of aliphatic hydroxyl groups excluding tert-OH is 1. The van der Waals surface area contributed by atoms with Crippen molar-refractivity contribution in [1.29, 1.82) is 0 Å². The number of benzene rings is 2. The van der Waals surface area contributed by atoms with Gasteiger partial charge in [0, 0.05) is 47.1 Å². The van der Waals surface area contributed by atoms with Crippen LogP contribution in [-0.4, -0.2) is 80.2 Å². The van der Waals surface area contributed by atoms with Crippen LogP contribution >= 0.6 is 0 Å². The van der Waals surface area contributed by atoms with Crippen molar-refractivity contribution in [1.82, 2.24) is 4.98 Å². The molecule has 5 aliphatic carbocycles. The highest BCUT2D eigenvalue weighted by molar-refractivity contribution is 6.01. The number of aliphatic hydroxyl groups is 2.